The molecule has 0 radical (unpaired) electrons. The van der Waals surface area contributed by atoms with Crippen LogP contribution in [0.25, 0.3) is 0 Å². The van der Waals surface area contributed by atoms with Crippen LogP contribution in [-0.2, 0) is 17.8 Å². The van der Waals surface area contributed by atoms with E-state index in [-0.39, 0.29) is 11.9 Å². The van der Waals surface area contributed by atoms with E-state index in [2.05, 4.69) is 53.3 Å². The average Bonchev–Trinajstić information content (AvgIpc) is 3.32. The van der Waals surface area contributed by atoms with Crippen LogP contribution in [0.3, 0.4) is 0 Å². The largest absolute Gasteiger partial charge is 0.347 e. The normalized spacial score (nSPS) is 19.1. The lowest BCUT2D eigenvalue weighted by Gasteiger charge is -2.31. The highest BCUT2D eigenvalue weighted by Crippen LogP contribution is 2.31. The van der Waals surface area contributed by atoms with Crippen LogP contribution in [0.15, 0.2) is 53.2 Å². The number of carbonyl (C=O) groups excluding carboxylic acids is 1. The summed E-state index contributed by atoms with van der Waals surface area (Å²) in [7, 11) is 0. The van der Waals surface area contributed by atoms with Gasteiger partial charge in [-0.25, -0.2) is 0 Å². The van der Waals surface area contributed by atoms with Gasteiger partial charge in [0.15, 0.2) is 6.54 Å². The molecule has 134 valence electrons. The SMILES string of the molecule is Cc1ccccc1CNC(=O)C[NH+]1CCc2sccc2[C@H]1c1cccs1. The summed E-state index contributed by atoms with van der Waals surface area (Å²) in [5.74, 6) is 0.128. The molecule has 2 N–H and O–H groups in total. The van der Waals surface area contributed by atoms with E-state index >= 15 is 0 Å². The zero-order chi connectivity index (χ0) is 17.9. The summed E-state index contributed by atoms with van der Waals surface area (Å²) in [6.45, 7) is 4.21. The van der Waals surface area contributed by atoms with Gasteiger partial charge in [-0.1, -0.05) is 30.3 Å². The van der Waals surface area contributed by atoms with Gasteiger partial charge in [0.1, 0.15) is 6.04 Å². The molecule has 0 saturated carbocycles. The van der Waals surface area contributed by atoms with Crippen LogP contribution in [-0.4, -0.2) is 19.0 Å². The van der Waals surface area contributed by atoms with Crippen molar-refractivity contribution in [2.75, 3.05) is 13.1 Å². The lowest BCUT2D eigenvalue weighted by atomic mass is 9.98. The Labute approximate surface area is 162 Å². The fourth-order valence-electron chi connectivity index (χ4n) is 3.72. The minimum Gasteiger partial charge on any atom is -0.347 e. The maximum Gasteiger partial charge on any atom is 0.275 e. The molecule has 3 nitrogen and oxygen atoms in total. The molecule has 5 heteroatoms. The third-order valence-electron chi connectivity index (χ3n) is 5.12. The maximum absolute atomic E-state index is 12.6. The highest BCUT2D eigenvalue weighted by Gasteiger charge is 2.34. The van der Waals surface area contributed by atoms with Gasteiger partial charge >= 0.3 is 0 Å². The van der Waals surface area contributed by atoms with Gasteiger partial charge in [0.25, 0.3) is 5.91 Å². The Morgan fingerprint density at radius 1 is 1.15 bits per heavy atom. The van der Waals surface area contributed by atoms with Crippen molar-refractivity contribution in [3.63, 3.8) is 0 Å². The molecule has 0 saturated heterocycles. The van der Waals surface area contributed by atoms with Gasteiger partial charge < -0.3 is 10.2 Å². The van der Waals surface area contributed by atoms with Crippen LogP contribution in [0.2, 0.25) is 0 Å². The van der Waals surface area contributed by atoms with Crippen LogP contribution in [0.4, 0.5) is 0 Å². The molecule has 1 aliphatic heterocycles. The second-order valence-electron chi connectivity index (χ2n) is 6.79. The van der Waals surface area contributed by atoms with E-state index in [1.807, 2.05) is 23.5 Å². The first kappa shape index (κ1) is 17.5. The molecule has 4 rings (SSSR count). The predicted octanol–water partition coefficient (Wildman–Crippen LogP) is 2.96. The van der Waals surface area contributed by atoms with Crippen LogP contribution < -0.4 is 10.2 Å². The number of rotatable bonds is 5. The maximum atomic E-state index is 12.6. The van der Waals surface area contributed by atoms with Crippen molar-refractivity contribution in [2.45, 2.75) is 25.9 Å². The Morgan fingerprint density at radius 3 is 2.85 bits per heavy atom. The van der Waals surface area contributed by atoms with Gasteiger partial charge in [-0.2, -0.15) is 0 Å². The van der Waals surface area contributed by atoms with Gasteiger partial charge in [-0.3, -0.25) is 4.79 Å². The quantitative estimate of drug-likeness (QED) is 0.698. The number of carbonyl (C=O) groups is 1. The van der Waals surface area contributed by atoms with Crippen LogP contribution in [0.1, 0.15) is 32.5 Å². The van der Waals surface area contributed by atoms with E-state index in [9.17, 15) is 4.79 Å². The van der Waals surface area contributed by atoms with E-state index in [1.54, 1.807) is 11.3 Å². The summed E-state index contributed by atoms with van der Waals surface area (Å²) in [4.78, 5) is 16.8. The molecule has 3 aromatic rings. The summed E-state index contributed by atoms with van der Waals surface area (Å²) < 4.78 is 0. The first-order valence-electron chi connectivity index (χ1n) is 8.98. The molecule has 0 bridgehead atoms. The molecular weight excluding hydrogens is 360 g/mol. The second-order valence-corrected chi connectivity index (χ2v) is 8.77. The molecule has 1 aromatic carbocycles. The summed E-state index contributed by atoms with van der Waals surface area (Å²) in [6.07, 6.45) is 1.06. The molecule has 26 heavy (non-hydrogen) atoms. The molecule has 0 fully saturated rings. The van der Waals surface area contributed by atoms with E-state index in [0.29, 0.717) is 13.1 Å². The Morgan fingerprint density at radius 2 is 2.04 bits per heavy atom. The number of amides is 1. The smallest absolute Gasteiger partial charge is 0.275 e. The van der Waals surface area contributed by atoms with Gasteiger partial charge in [-0.05, 0) is 40.9 Å². The minimum atomic E-state index is 0.128. The minimum absolute atomic E-state index is 0.128. The number of hydrogen-bond acceptors (Lipinski definition) is 3. The monoisotopic (exact) mass is 383 g/mol. The molecule has 1 aliphatic rings. The van der Waals surface area contributed by atoms with E-state index in [1.165, 1.54) is 31.3 Å². The van der Waals surface area contributed by atoms with Crippen molar-refractivity contribution in [1.82, 2.24) is 5.32 Å². The summed E-state index contributed by atoms with van der Waals surface area (Å²) >= 11 is 3.64. The fraction of sp³-hybridized carbons (Fsp3) is 0.286. The van der Waals surface area contributed by atoms with Crippen molar-refractivity contribution in [3.05, 3.63) is 79.7 Å². The van der Waals surface area contributed by atoms with Crippen molar-refractivity contribution < 1.29 is 9.69 Å². The zero-order valence-electron chi connectivity index (χ0n) is 14.8. The molecule has 3 heterocycles. The molecule has 1 unspecified atom stereocenters. The summed E-state index contributed by atoms with van der Waals surface area (Å²) in [6, 6.07) is 15.1. The van der Waals surface area contributed by atoms with E-state index in [4.69, 9.17) is 0 Å². The molecule has 2 atom stereocenters. The van der Waals surface area contributed by atoms with Crippen molar-refractivity contribution in [2.24, 2.45) is 0 Å². The second kappa shape index (κ2) is 7.74. The number of nitrogens with one attached hydrogen (secondary N) is 2. The Bertz CT molecular complexity index is 885. The number of aryl methyl sites for hydroxylation is 1. The van der Waals surface area contributed by atoms with Crippen molar-refractivity contribution in [3.8, 4) is 0 Å². The van der Waals surface area contributed by atoms with Crippen LogP contribution in [0.5, 0.6) is 0 Å². The van der Waals surface area contributed by atoms with E-state index in [0.717, 1.165) is 13.0 Å². The zero-order valence-corrected chi connectivity index (χ0v) is 16.5. The fourth-order valence-corrected chi connectivity index (χ4v) is 5.54. The highest BCUT2D eigenvalue weighted by atomic mass is 32.1. The van der Waals surface area contributed by atoms with Gasteiger partial charge in [0, 0.05) is 23.4 Å². The number of benzene rings is 1. The van der Waals surface area contributed by atoms with Gasteiger partial charge in [0.2, 0.25) is 0 Å². The molecule has 1 amide bonds. The standard InChI is InChI=1S/C21H22N2OS2/c1-15-5-2-3-6-16(15)13-22-20(24)14-23-10-8-18-17(9-12-26-18)21(23)19-7-4-11-25-19/h2-7,9,11-12,21H,8,10,13-14H2,1H3,(H,22,24)/p+1/t21-/m0/s1. The highest BCUT2D eigenvalue weighted by molar-refractivity contribution is 7.10. The number of quaternary nitrogens is 1. The van der Waals surface area contributed by atoms with Gasteiger partial charge in [-0.15, -0.1) is 22.7 Å². The number of thiophene rings is 2. The Balaban J connectivity index is 1.46. The topological polar surface area (TPSA) is 33.5 Å². The van der Waals surface area contributed by atoms with Crippen molar-refractivity contribution >= 4 is 28.6 Å². The third-order valence-corrected chi connectivity index (χ3v) is 7.06. The Hall–Kier alpha value is -1.95. The molecule has 0 aliphatic carbocycles. The summed E-state index contributed by atoms with van der Waals surface area (Å²) in [5, 5.41) is 7.43. The number of hydrogen-bond donors (Lipinski definition) is 2. The average molecular weight is 384 g/mol. The molecule has 0 spiro atoms. The molecule has 2 aromatic heterocycles. The van der Waals surface area contributed by atoms with Crippen LogP contribution >= 0.6 is 22.7 Å². The third kappa shape index (κ3) is 3.61. The number of fused-ring (bicyclic) bond motifs is 1. The lowest BCUT2D eigenvalue weighted by molar-refractivity contribution is -0.919. The lowest BCUT2D eigenvalue weighted by Crippen LogP contribution is -3.14. The van der Waals surface area contributed by atoms with E-state index < -0.39 is 0 Å². The first-order valence-corrected chi connectivity index (χ1v) is 10.7. The van der Waals surface area contributed by atoms with Crippen LogP contribution in [0, 0.1) is 6.92 Å². The summed E-state index contributed by atoms with van der Waals surface area (Å²) in [5.41, 5.74) is 3.81. The van der Waals surface area contributed by atoms with Crippen molar-refractivity contribution in [1.29, 1.82) is 0 Å². The molecular formula is C21H23N2OS2+. The first-order chi connectivity index (χ1) is 12.7. The van der Waals surface area contributed by atoms with Gasteiger partial charge in [0.05, 0.1) is 11.4 Å². The predicted molar refractivity (Wildman–Crippen MR) is 108 cm³/mol. The Kier molecular flexibility index (Phi) is 5.20.